The normalized spacial score (nSPS) is 22.7. The topological polar surface area (TPSA) is 78.5 Å². The SMILES string of the molecule is CCS(=O)(=O)N(C)CCCNC(=O)[C@H]1CCN[C@@H](C)C1.Cl. The first-order valence-corrected chi connectivity index (χ1v) is 8.92. The minimum atomic E-state index is -3.11. The molecule has 0 saturated carbocycles. The predicted molar refractivity (Wildman–Crippen MR) is 87.2 cm³/mol. The van der Waals surface area contributed by atoms with Crippen LogP contribution in [0.25, 0.3) is 0 Å². The Bertz CT molecular complexity index is 417. The van der Waals surface area contributed by atoms with E-state index >= 15 is 0 Å². The molecule has 0 aromatic carbocycles. The molecule has 126 valence electrons. The van der Waals surface area contributed by atoms with E-state index in [0.29, 0.717) is 25.6 Å². The van der Waals surface area contributed by atoms with Gasteiger partial charge in [0.05, 0.1) is 5.75 Å². The van der Waals surface area contributed by atoms with Gasteiger partial charge in [0.25, 0.3) is 0 Å². The maximum Gasteiger partial charge on any atom is 0.223 e. The smallest absolute Gasteiger partial charge is 0.223 e. The van der Waals surface area contributed by atoms with Crippen LogP contribution in [0.1, 0.15) is 33.1 Å². The number of nitrogens with one attached hydrogen (secondary N) is 2. The van der Waals surface area contributed by atoms with Gasteiger partial charge in [-0.1, -0.05) is 0 Å². The van der Waals surface area contributed by atoms with Gasteiger partial charge in [0.1, 0.15) is 0 Å². The molecule has 1 rings (SSSR count). The van der Waals surface area contributed by atoms with Gasteiger partial charge >= 0.3 is 0 Å². The Morgan fingerprint density at radius 2 is 2.10 bits per heavy atom. The lowest BCUT2D eigenvalue weighted by atomic mass is 9.92. The number of amides is 1. The average molecular weight is 342 g/mol. The Morgan fingerprint density at radius 1 is 1.43 bits per heavy atom. The number of carbonyl (C=O) groups excluding carboxylic acids is 1. The van der Waals surface area contributed by atoms with Gasteiger partial charge in [0, 0.05) is 32.1 Å². The van der Waals surface area contributed by atoms with E-state index in [-0.39, 0.29) is 30.0 Å². The van der Waals surface area contributed by atoms with Crippen LogP contribution in [0.4, 0.5) is 0 Å². The first-order valence-electron chi connectivity index (χ1n) is 7.32. The molecule has 0 spiro atoms. The quantitative estimate of drug-likeness (QED) is 0.664. The number of carbonyl (C=O) groups is 1. The van der Waals surface area contributed by atoms with Crippen LogP contribution in [0, 0.1) is 5.92 Å². The van der Waals surface area contributed by atoms with Crippen molar-refractivity contribution >= 4 is 28.3 Å². The number of hydrogen-bond acceptors (Lipinski definition) is 4. The molecular formula is C13H28ClN3O3S. The first kappa shape index (κ1) is 20.6. The number of rotatable bonds is 7. The second-order valence-electron chi connectivity index (χ2n) is 5.44. The third kappa shape index (κ3) is 6.95. The summed E-state index contributed by atoms with van der Waals surface area (Å²) in [7, 11) is -1.54. The molecule has 0 aromatic heterocycles. The predicted octanol–water partition coefficient (Wildman–Crippen LogP) is 0.584. The van der Waals surface area contributed by atoms with E-state index in [2.05, 4.69) is 17.6 Å². The third-order valence-electron chi connectivity index (χ3n) is 3.78. The van der Waals surface area contributed by atoms with Crippen LogP contribution in [0.3, 0.4) is 0 Å². The Kier molecular flexibility index (Phi) is 9.44. The molecule has 1 fully saturated rings. The van der Waals surface area contributed by atoms with Crippen LogP contribution in [-0.4, -0.2) is 57.1 Å². The maximum atomic E-state index is 12.0. The molecule has 0 aromatic rings. The molecule has 1 heterocycles. The molecule has 8 heteroatoms. The minimum Gasteiger partial charge on any atom is -0.356 e. The van der Waals surface area contributed by atoms with Crippen molar-refractivity contribution in [3.63, 3.8) is 0 Å². The summed E-state index contributed by atoms with van der Waals surface area (Å²) in [5, 5.41) is 6.23. The van der Waals surface area contributed by atoms with Crippen molar-refractivity contribution in [2.24, 2.45) is 5.92 Å². The number of sulfonamides is 1. The van der Waals surface area contributed by atoms with E-state index in [1.807, 2.05) is 0 Å². The lowest BCUT2D eigenvalue weighted by Gasteiger charge is -2.27. The van der Waals surface area contributed by atoms with Crippen molar-refractivity contribution in [3.8, 4) is 0 Å². The summed E-state index contributed by atoms with van der Waals surface area (Å²) >= 11 is 0. The highest BCUT2D eigenvalue weighted by molar-refractivity contribution is 7.89. The fourth-order valence-corrected chi connectivity index (χ4v) is 3.24. The van der Waals surface area contributed by atoms with Gasteiger partial charge < -0.3 is 10.6 Å². The second kappa shape index (κ2) is 9.61. The van der Waals surface area contributed by atoms with Gasteiger partial charge in [-0.2, -0.15) is 0 Å². The Morgan fingerprint density at radius 3 is 2.67 bits per heavy atom. The van der Waals surface area contributed by atoms with Gasteiger partial charge in [-0.15, -0.1) is 12.4 Å². The highest BCUT2D eigenvalue weighted by Gasteiger charge is 2.24. The molecule has 0 bridgehead atoms. The van der Waals surface area contributed by atoms with E-state index < -0.39 is 10.0 Å². The molecule has 0 radical (unpaired) electrons. The molecule has 1 aliphatic heterocycles. The van der Waals surface area contributed by atoms with Crippen LogP contribution >= 0.6 is 12.4 Å². The second-order valence-corrected chi connectivity index (χ2v) is 7.81. The summed E-state index contributed by atoms with van der Waals surface area (Å²) in [6, 6.07) is 0.389. The summed E-state index contributed by atoms with van der Waals surface area (Å²) in [4.78, 5) is 12.0. The van der Waals surface area contributed by atoms with Crippen LogP contribution in [0.5, 0.6) is 0 Å². The lowest BCUT2D eigenvalue weighted by molar-refractivity contribution is -0.126. The molecule has 1 amide bonds. The highest BCUT2D eigenvalue weighted by Crippen LogP contribution is 2.15. The largest absolute Gasteiger partial charge is 0.356 e. The molecule has 1 aliphatic rings. The van der Waals surface area contributed by atoms with Crippen LogP contribution in [0.2, 0.25) is 0 Å². The summed E-state index contributed by atoms with van der Waals surface area (Å²) < 4.78 is 24.4. The number of nitrogens with zero attached hydrogens (tertiary/aromatic N) is 1. The van der Waals surface area contributed by atoms with Crippen LogP contribution in [-0.2, 0) is 14.8 Å². The molecule has 0 aliphatic carbocycles. The molecule has 6 nitrogen and oxygen atoms in total. The molecule has 2 atom stereocenters. The van der Waals surface area contributed by atoms with Gasteiger partial charge in [0.15, 0.2) is 0 Å². The average Bonchev–Trinajstić information content (AvgIpc) is 2.42. The number of hydrogen-bond donors (Lipinski definition) is 2. The van der Waals surface area contributed by atoms with Crippen LogP contribution < -0.4 is 10.6 Å². The zero-order valence-corrected chi connectivity index (χ0v) is 14.7. The lowest BCUT2D eigenvalue weighted by Crippen LogP contribution is -2.43. The standard InChI is InChI=1S/C13H27N3O3S.ClH/c1-4-20(18,19)16(3)9-5-7-15-13(17)12-6-8-14-11(2)10-12;/h11-12,14H,4-10H2,1-3H3,(H,15,17);1H/t11-,12-;/m0./s1. The summed E-state index contributed by atoms with van der Waals surface area (Å²) in [5.74, 6) is 0.297. The Hall–Kier alpha value is -0.370. The van der Waals surface area contributed by atoms with E-state index in [0.717, 1.165) is 19.4 Å². The van der Waals surface area contributed by atoms with Gasteiger partial charge in [-0.3, -0.25) is 4.79 Å². The van der Waals surface area contributed by atoms with Gasteiger partial charge in [0.2, 0.25) is 15.9 Å². The summed E-state index contributed by atoms with van der Waals surface area (Å²) in [5.41, 5.74) is 0. The third-order valence-corrected chi connectivity index (χ3v) is 5.65. The van der Waals surface area contributed by atoms with Gasteiger partial charge in [-0.05, 0) is 39.7 Å². The van der Waals surface area contributed by atoms with Crippen molar-refractivity contribution in [3.05, 3.63) is 0 Å². The first-order chi connectivity index (χ1) is 9.36. The van der Waals surface area contributed by atoms with Gasteiger partial charge in [-0.25, -0.2) is 12.7 Å². The minimum absolute atomic E-state index is 0. The van der Waals surface area contributed by atoms with E-state index in [4.69, 9.17) is 0 Å². The van der Waals surface area contributed by atoms with Crippen molar-refractivity contribution in [1.29, 1.82) is 0 Å². The van der Waals surface area contributed by atoms with Crippen molar-refractivity contribution in [1.82, 2.24) is 14.9 Å². The molecular weight excluding hydrogens is 314 g/mol. The van der Waals surface area contributed by atoms with Crippen molar-refractivity contribution in [2.75, 3.05) is 32.4 Å². The zero-order valence-electron chi connectivity index (χ0n) is 13.1. The maximum absolute atomic E-state index is 12.0. The summed E-state index contributed by atoms with van der Waals surface area (Å²) in [6.07, 6.45) is 2.39. The Balaban J connectivity index is 0.00000400. The van der Waals surface area contributed by atoms with Crippen molar-refractivity contribution in [2.45, 2.75) is 39.2 Å². The van der Waals surface area contributed by atoms with E-state index in [1.165, 1.54) is 4.31 Å². The Labute approximate surface area is 134 Å². The zero-order chi connectivity index (χ0) is 15.2. The monoisotopic (exact) mass is 341 g/mol. The fraction of sp³-hybridized carbons (Fsp3) is 0.923. The van der Waals surface area contributed by atoms with Crippen molar-refractivity contribution < 1.29 is 13.2 Å². The fourth-order valence-electron chi connectivity index (χ4n) is 2.39. The molecule has 1 saturated heterocycles. The van der Waals surface area contributed by atoms with E-state index in [9.17, 15) is 13.2 Å². The molecule has 21 heavy (non-hydrogen) atoms. The van der Waals surface area contributed by atoms with E-state index in [1.54, 1.807) is 14.0 Å². The van der Waals surface area contributed by atoms with Crippen LogP contribution in [0.15, 0.2) is 0 Å². The number of halogens is 1. The highest BCUT2D eigenvalue weighted by atomic mass is 35.5. The molecule has 2 N–H and O–H groups in total. The molecule has 0 unspecified atom stereocenters. The summed E-state index contributed by atoms with van der Waals surface area (Å²) in [6.45, 7) is 5.58. The number of piperidine rings is 1.